The van der Waals surface area contributed by atoms with Crippen LogP contribution in [0.5, 0.6) is 0 Å². The minimum absolute atomic E-state index is 0.919. The number of hydrogen-bond donors (Lipinski definition) is 0. The van der Waals surface area contributed by atoms with Gasteiger partial charge in [-0.1, -0.05) is 109 Å². The van der Waals surface area contributed by atoms with Crippen LogP contribution in [0.1, 0.15) is 11.4 Å². The molecule has 0 saturated carbocycles. The Morgan fingerprint density at radius 1 is 0.315 bits per heavy atom. The number of aromatic nitrogens is 2. The molecule has 2 aromatic heterocycles. The summed E-state index contributed by atoms with van der Waals surface area (Å²) in [6.07, 6.45) is 0. The number of benzene rings is 7. The summed E-state index contributed by atoms with van der Waals surface area (Å²) in [6, 6.07) is 68.6. The van der Waals surface area contributed by atoms with Crippen LogP contribution in [0.2, 0.25) is 0 Å². The van der Waals surface area contributed by atoms with Crippen molar-refractivity contribution in [2.75, 3.05) is 9.80 Å². The fourth-order valence-electron chi connectivity index (χ4n) is 7.49. The molecule has 0 amide bonds. The molecule has 9 rings (SSSR count). The number of para-hydroxylation sites is 4. The zero-order chi connectivity index (χ0) is 36.4. The SMILES string of the molecule is Cc1cc(-c2ccc(N(c3ccccc3)c3ccccc3)cc2)c2ccc3c(-c4ccc(N(c5ccccc5)c5ccccc5)cc4)cc(C)nc3c2n1. The third-order valence-electron chi connectivity index (χ3n) is 9.94. The first-order valence-corrected chi connectivity index (χ1v) is 18.3. The van der Waals surface area contributed by atoms with Crippen LogP contribution >= 0.6 is 0 Å². The summed E-state index contributed by atoms with van der Waals surface area (Å²) in [4.78, 5) is 14.8. The largest absolute Gasteiger partial charge is 0.311 e. The number of aryl methyl sites for hydroxylation is 2. The van der Waals surface area contributed by atoms with Crippen molar-refractivity contribution in [1.29, 1.82) is 0 Å². The summed E-state index contributed by atoms with van der Waals surface area (Å²) >= 11 is 0. The Hall–Kier alpha value is -7.04. The van der Waals surface area contributed by atoms with Crippen LogP contribution < -0.4 is 9.80 Å². The third kappa shape index (κ3) is 6.24. The van der Waals surface area contributed by atoms with Crippen LogP contribution in [0.3, 0.4) is 0 Å². The molecular weight excluding hydrogens is 657 g/mol. The lowest BCUT2D eigenvalue weighted by Gasteiger charge is -2.25. The van der Waals surface area contributed by atoms with Crippen molar-refractivity contribution >= 4 is 55.9 Å². The molecule has 0 radical (unpaired) electrons. The van der Waals surface area contributed by atoms with E-state index in [0.717, 1.165) is 89.6 Å². The highest BCUT2D eigenvalue weighted by molar-refractivity contribution is 6.12. The molecule has 9 aromatic rings. The van der Waals surface area contributed by atoms with E-state index in [-0.39, 0.29) is 0 Å². The van der Waals surface area contributed by atoms with Gasteiger partial charge < -0.3 is 9.80 Å². The van der Waals surface area contributed by atoms with Crippen molar-refractivity contribution in [3.8, 4) is 22.3 Å². The van der Waals surface area contributed by atoms with Crippen LogP contribution in [-0.2, 0) is 0 Å². The lowest BCUT2D eigenvalue weighted by Crippen LogP contribution is -2.09. The predicted octanol–water partition coefficient (Wildman–Crippen LogP) is 13.7. The van der Waals surface area contributed by atoms with Gasteiger partial charge in [-0.15, -0.1) is 0 Å². The van der Waals surface area contributed by atoms with Gasteiger partial charge in [-0.05, 0) is 121 Å². The normalized spacial score (nSPS) is 11.1. The second-order valence-corrected chi connectivity index (χ2v) is 13.6. The molecule has 0 bridgehead atoms. The van der Waals surface area contributed by atoms with Crippen molar-refractivity contribution in [2.45, 2.75) is 13.8 Å². The van der Waals surface area contributed by atoms with Gasteiger partial charge >= 0.3 is 0 Å². The van der Waals surface area contributed by atoms with Crippen molar-refractivity contribution in [1.82, 2.24) is 9.97 Å². The summed E-state index contributed by atoms with van der Waals surface area (Å²) in [6.45, 7) is 4.15. The summed E-state index contributed by atoms with van der Waals surface area (Å²) in [5, 5.41) is 2.18. The summed E-state index contributed by atoms with van der Waals surface area (Å²) in [5.74, 6) is 0. The van der Waals surface area contributed by atoms with Gasteiger partial charge in [-0.3, -0.25) is 9.97 Å². The maximum absolute atomic E-state index is 5.12. The second kappa shape index (κ2) is 14.2. The van der Waals surface area contributed by atoms with E-state index in [0.29, 0.717) is 0 Å². The maximum atomic E-state index is 5.12. The summed E-state index contributed by atoms with van der Waals surface area (Å²) < 4.78 is 0. The zero-order valence-electron chi connectivity index (χ0n) is 30.3. The third-order valence-corrected chi connectivity index (χ3v) is 9.94. The van der Waals surface area contributed by atoms with Gasteiger partial charge in [-0.25, -0.2) is 0 Å². The maximum Gasteiger partial charge on any atom is 0.0974 e. The Morgan fingerprint density at radius 3 is 0.889 bits per heavy atom. The van der Waals surface area contributed by atoms with E-state index in [4.69, 9.17) is 9.97 Å². The summed E-state index contributed by atoms with van der Waals surface area (Å²) in [5.41, 5.74) is 15.0. The van der Waals surface area contributed by atoms with Crippen molar-refractivity contribution < 1.29 is 0 Å². The molecule has 0 unspecified atom stereocenters. The lowest BCUT2D eigenvalue weighted by molar-refractivity contribution is 1.23. The van der Waals surface area contributed by atoms with Gasteiger partial charge in [0.25, 0.3) is 0 Å². The highest BCUT2D eigenvalue weighted by atomic mass is 15.1. The predicted molar refractivity (Wildman–Crippen MR) is 227 cm³/mol. The van der Waals surface area contributed by atoms with Crippen LogP contribution in [0.15, 0.2) is 194 Å². The fourth-order valence-corrected chi connectivity index (χ4v) is 7.49. The second-order valence-electron chi connectivity index (χ2n) is 13.6. The van der Waals surface area contributed by atoms with Crippen LogP contribution in [0, 0.1) is 13.8 Å². The molecule has 0 N–H and O–H groups in total. The Balaban J connectivity index is 1.11. The molecule has 0 aliphatic rings. The fraction of sp³-hybridized carbons (Fsp3) is 0.0400. The Labute approximate surface area is 316 Å². The van der Waals surface area contributed by atoms with Crippen LogP contribution in [0.4, 0.5) is 34.1 Å². The average Bonchev–Trinajstić information content (AvgIpc) is 3.23. The first kappa shape index (κ1) is 32.8. The monoisotopic (exact) mass is 694 g/mol. The van der Waals surface area contributed by atoms with E-state index in [9.17, 15) is 0 Å². The van der Waals surface area contributed by atoms with E-state index in [2.05, 4.69) is 218 Å². The van der Waals surface area contributed by atoms with Crippen molar-refractivity contribution in [3.05, 3.63) is 206 Å². The Bertz CT molecular complexity index is 2430. The quantitative estimate of drug-likeness (QED) is 0.148. The first-order chi connectivity index (χ1) is 26.6. The summed E-state index contributed by atoms with van der Waals surface area (Å²) in [7, 11) is 0. The minimum Gasteiger partial charge on any atom is -0.311 e. The number of pyridine rings is 2. The molecule has 4 nitrogen and oxygen atoms in total. The minimum atomic E-state index is 0.919. The standard InChI is InChI=1S/C50H38N4/c1-35-33-47(37-23-27-43(28-24-37)53(39-15-7-3-8-16-39)40-17-9-4-10-18-40)45-31-32-46-48(34-36(2)52-50(46)49(45)51-35)38-25-29-44(30-26-38)54(41-19-11-5-12-20-41)42-21-13-6-14-22-42/h3-34H,1-2H3. The molecule has 0 fully saturated rings. The Morgan fingerprint density at radius 2 is 0.593 bits per heavy atom. The lowest BCUT2D eigenvalue weighted by atomic mass is 9.95. The number of rotatable bonds is 8. The molecule has 0 aliphatic heterocycles. The first-order valence-electron chi connectivity index (χ1n) is 18.3. The van der Waals surface area contributed by atoms with Gasteiger partial charge in [0, 0.05) is 56.3 Å². The van der Waals surface area contributed by atoms with Crippen LogP contribution in [0.25, 0.3) is 44.1 Å². The van der Waals surface area contributed by atoms with Gasteiger partial charge in [0.05, 0.1) is 11.0 Å². The van der Waals surface area contributed by atoms with E-state index in [1.165, 1.54) is 0 Å². The Kier molecular flexibility index (Phi) is 8.62. The van der Waals surface area contributed by atoms with E-state index >= 15 is 0 Å². The molecule has 4 heteroatoms. The van der Waals surface area contributed by atoms with Gasteiger partial charge in [0.2, 0.25) is 0 Å². The highest BCUT2D eigenvalue weighted by Gasteiger charge is 2.17. The van der Waals surface area contributed by atoms with E-state index < -0.39 is 0 Å². The van der Waals surface area contributed by atoms with Crippen molar-refractivity contribution in [2.24, 2.45) is 0 Å². The average molecular weight is 695 g/mol. The smallest absolute Gasteiger partial charge is 0.0974 e. The van der Waals surface area contributed by atoms with E-state index in [1.54, 1.807) is 0 Å². The molecule has 0 atom stereocenters. The highest BCUT2D eigenvalue weighted by Crippen LogP contribution is 2.40. The molecular formula is C50H38N4. The number of anilines is 6. The number of nitrogens with zero attached hydrogens (tertiary/aromatic N) is 4. The zero-order valence-corrected chi connectivity index (χ0v) is 30.3. The topological polar surface area (TPSA) is 32.3 Å². The molecule has 7 aromatic carbocycles. The molecule has 2 heterocycles. The molecule has 0 aliphatic carbocycles. The molecule has 0 spiro atoms. The van der Waals surface area contributed by atoms with Gasteiger partial charge in [0.1, 0.15) is 0 Å². The van der Waals surface area contributed by atoms with Crippen LogP contribution in [-0.4, -0.2) is 9.97 Å². The van der Waals surface area contributed by atoms with E-state index in [1.807, 2.05) is 0 Å². The molecule has 258 valence electrons. The number of fused-ring (bicyclic) bond motifs is 3. The number of hydrogen-bond acceptors (Lipinski definition) is 4. The van der Waals surface area contributed by atoms with Gasteiger partial charge in [-0.2, -0.15) is 0 Å². The molecule has 54 heavy (non-hydrogen) atoms. The van der Waals surface area contributed by atoms with Gasteiger partial charge in [0.15, 0.2) is 0 Å². The van der Waals surface area contributed by atoms with Crippen molar-refractivity contribution in [3.63, 3.8) is 0 Å². The molecule has 0 saturated heterocycles.